The lowest BCUT2D eigenvalue weighted by Crippen LogP contribution is -2.49. The van der Waals surface area contributed by atoms with Crippen molar-refractivity contribution in [3.05, 3.63) is 42.5 Å². The van der Waals surface area contributed by atoms with Crippen LogP contribution in [0.2, 0.25) is 0 Å². The minimum absolute atomic E-state index is 0.0692. The molecule has 1 aliphatic rings. The molecule has 1 aromatic rings. The summed E-state index contributed by atoms with van der Waals surface area (Å²) in [5, 5.41) is 6.46. The molecule has 1 saturated heterocycles. The molecule has 0 spiro atoms. The Hall–Kier alpha value is -1.81. The van der Waals surface area contributed by atoms with Gasteiger partial charge >= 0.3 is 0 Å². The number of piperidine rings is 1. The van der Waals surface area contributed by atoms with E-state index in [1.807, 2.05) is 6.92 Å². The molecule has 4 heteroatoms. The number of amides is 1. The lowest BCUT2D eigenvalue weighted by molar-refractivity contribution is -0.126. The molecule has 0 bridgehead atoms. The van der Waals surface area contributed by atoms with Crippen molar-refractivity contribution in [2.24, 2.45) is 0 Å². The van der Waals surface area contributed by atoms with Crippen LogP contribution in [-0.2, 0) is 4.79 Å². The number of nitrogens with one attached hydrogen (secondary N) is 2. The van der Waals surface area contributed by atoms with E-state index in [2.05, 4.69) is 53.3 Å². The van der Waals surface area contributed by atoms with E-state index < -0.39 is 0 Å². The summed E-state index contributed by atoms with van der Waals surface area (Å²) in [7, 11) is 0. The Kier molecular flexibility index (Phi) is 6.01. The average Bonchev–Trinajstić information content (AvgIpc) is 2.55. The Morgan fingerprint density at radius 2 is 2.00 bits per heavy atom. The summed E-state index contributed by atoms with van der Waals surface area (Å²) >= 11 is 0. The topological polar surface area (TPSA) is 44.4 Å². The number of hydrogen-bond donors (Lipinski definition) is 2. The molecule has 1 fully saturated rings. The third-order valence-corrected chi connectivity index (χ3v) is 4.30. The number of hydrogen-bond acceptors (Lipinski definition) is 3. The maximum atomic E-state index is 12.0. The van der Waals surface area contributed by atoms with Crippen molar-refractivity contribution in [1.82, 2.24) is 10.2 Å². The van der Waals surface area contributed by atoms with Crippen molar-refractivity contribution < 1.29 is 4.79 Å². The van der Waals surface area contributed by atoms with Gasteiger partial charge in [0.2, 0.25) is 5.91 Å². The summed E-state index contributed by atoms with van der Waals surface area (Å²) < 4.78 is 0. The summed E-state index contributed by atoms with van der Waals surface area (Å²) in [6, 6.07) is 8.94. The summed E-state index contributed by atoms with van der Waals surface area (Å²) in [6.07, 6.45) is 3.84. The third-order valence-electron chi connectivity index (χ3n) is 4.30. The minimum Gasteiger partial charge on any atom is -0.382 e. The molecule has 2 rings (SSSR count). The Bertz CT molecular complexity index is 490. The van der Waals surface area contributed by atoms with Crippen LogP contribution in [0.25, 0.3) is 0 Å². The number of carbonyl (C=O) groups excluding carboxylic acids is 1. The van der Waals surface area contributed by atoms with E-state index in [9.17, 15) is 4.79 Å². The van der Waals surface area contributed by atoms with Gasteiger partial charge in [0.25, 0.3) is 0 Å². The summed E-state index contributed by atoms with van der Waals surface area (Å²) in [6.45, 7) is 10.1. The Balaban J connectivity index is 1.78. The lowest BCUT2D eigenvalue weighted by Gasteiger charge is -2.35. The molecule has 22 heavy (non-hydrogen) atoms. The second-order valence-corrected chi connectivity index (χ2v) is 6.03. The Morgan fingerprint density at radius 3 is 2.59 bits per heavy atom. The van der Waals surface area contributed by atoms with Crippen LogP contribution in [-0.4, -0.2) is 42.5 Å². The van der Waals surface area contributed by atoms with Gasteiger partial charge in [-0.1, -0.05) is 23.8 Å². The number of likely N-dealkylation sites (tertiary alicyclic amines) is 1. The van der Waals surface area contributed by atoms with E-state index in [0.717, 1.165) is 25.9 Å². The lowest BCUT2D eigenvalue weighted by atomic mass is 10.0. The van der Waals surface area contributed by atoms with Crippen molar-refractivity contribution in [3.63, 3.8) is 0 Å². The fourth-order valence-electron chi connectivity index (χ4n) is 2.80. The van der Waals surface area contributed by atoms with Gasteiger partial charge in [0.15, 0.2) is 0 Å². The molecule has 1 amide bonds. The van der Waals surface area contributed by atoms with Gasteiger partial charge in [0, 0.05) is 31.4 Å². The van der Waals surface area contributed by atoms with Gasteiger partial charge in [-0.2, -0.15) is 0 Å². The van der Waals surface area contributed by atoms with Gasteiger partial charge < -0.3 is 10.6 Å². The fraction of sp³-hybridized carbons (Fsp3) is 0.500. The molecular formula is C18H27N3O. The van der Waals surface area contributed by atoms with Crippen molar-refractivity contribution in [2.75, 3.05) is 25.0 Å². The van der Waals surface area contributed by atoms with Crippen molar-refractivity contribution in [2.45, 2.75) is 38.8 Å². The highest BCUT2D eigenvalue weighted by molar-refractivity contribution is 5.81. The maximum Gasteiger partial charge on any atom is 0.237 e. The van der Waals surface area contributed by atoms with Crippen LogP contribution < -0.4 is 10.6 Å². The van der Waals surface area contributed by atoms with Crippen LogP contribution in [0.1, 0.15) is 25.3 Å². The molecule has 1 aromatic carbocycles. The first-order chi connectivity index (χ1) is 10.6. The van der Waals surface area contributed by atoms with Gasteiger partial charge in [0.05, 0.1) is 6.04 Å². The second-order valence-electron chi connectivity index (χ2n) is 6.03. The second kappa shape index (κ2) is 7.99. The zero-order chi connectivity index (χ0) is 15.9. The van der Waals surface area contributed by atoms with Crippen LogP contribution in [0.5, 0.6) is 0 Å². The molecule has 0 radical (unpaired) electrons. The highest BCUT2D eigenvalue weighted by Gasteiger charge is 2.26. The molecule has 120 valence electrons. The van der Waals surface area contributed by atoms with Gasteiger partial charge in [-0.25, -0.2) is 0 Å². The standard InChI is InChI=1S/C18H27N3O/c1-4-11-19-18(22)15(3)21-12-9-17(10-13-21)20-16-7-5-14(2)6-8-16/h4-8,15,17,20H,1,9-13H2,2-3H3,(H,19,22). The molecule has 1 atom stereocenters. The van der Waals surface area contributed by atoms with E-state index in [4.69, 9.17) is 0 Å². The SMILES string of the molecule is C=CCNC(=O)C(C)N1CCC(Nc2ccc(C)cc2)CC1. The minimum atomic E-state index is -0.0692. The molecule has 0 saturated carbocycles. The first-order valence-corrected chi connectivity index (χ1v) is 8.06. The van der Waals surface area contributed by atoms with Gasteiger partial charge in [-0.3, -0.25) is 9.69 Å². The molecule has 0 aliphatic carbocycles. The quantitative estimate of drug-likeness (QED) is 0.794. The summed E-state index contributed by atoms with van der Waals surface area (Å²) in [5.41, 5.74) is 2.46. The number of anilines is 1. The molecule has 4 nitrogen and oxygen atoms in total. The highest BCUT2D eigenvalue weighted by Crippen LogP contribution is 2.18. The van der Waals surface area contributed by atoms with Crippen molar-refractivity contribution in [1.29, 1.82) is 0 Å². The largest absolute Gasteiger partial charge is 0.382 e. The number of carbonyl (C=O) groups is 1. The first kappa shape index (κ1) is 16.6. The van der Waals surface area contributed by atoms with E-state index in [1.54, 1.807) is 6.08 Å². The van der Waals surface area contributed by atoms with Crippen LogP contribution in [0.15, 0.2) is 36.9 Å². The molecular weight excluding hydrogens is 274 g/mol. The number of benzene rings is 1. The summed E-state index contributed by atoms with van der Waals surface area (Å²) in [4.78, 5) is 14.2. The number of aryl methyl sites for hydroxylation is 1. The zero-order valence-electron chi connectivity index (χ0n) is 13.6. The van der Waals surface area contributed by atoms with Gasteiger partial charge in [-0.15, -0.1) is 6.58 Å². The van der Waals surface area contributed by atoms with Gasteiger partial charge in [0.1, 0.15) is 0 Å². The number of nitrogens with zero attached hydrogens (tertiary/aromatic N) is 1. The molecule has 1 unspecified atom stereocenters. The van der Waals surface area contributed by atoms with Crippen molar-refractivity contribution in [3.8, 4) is 0 Å². The molecule has 1 aliphatic heterocycles. The van der Waals surface area contributed by atoms with Gasteiger partial charge in [-0.05, 0) is 38.8 Å². The predicted molar refractivity (Wildman–Crippen MR) is 92.1 cm³/mol. The highest BCUT2D eigenvalue weighted by atomic mass is 16.2. The van der Waals surface area contributed by atoms with Crippen LogP contribution in [0, 0.1) is 6.92 Å². The predicted octanol–water partition coefficient (Wildman–Crippen LogP) is 2.56. The smallest absolute Gasteiger partial charge is 0.237 e. The average molecular weight is 301 g/mol. The molecule has 1 heterocycles. The number of rotatable bonds is 6. The molecule has 2 N–H and O–H groups in total. The first-order valence-electron chi connectivity index (χ1n) is 8.06. The van der Waals surface area contributed by atoms with E-state index in [0.29, 0.717) is 12.6 Å². The zero-order valence-corrected chi connectivity index (χ0v) is 13.6. The normalized spacial score (nSPS) is 17.7. The van der Waals surface area contributed by atoms with Crippen LogP contribution >= 0.6 is 0 Å². The fourth-order valence-corrected chi connectivity index (χ4v) is 2.80. The molecule has 0 aromatic heterocycles. The van der Waals surface area contributed by atoms with Crippen LogP contribution in [0.3, 0.4) is 0 Å². The van der Waals surface area contributed by atoms with E-state index in [1.165, 1.54) is 11.3 Å². The summed E-state index contributed by atoms with van der Waals surface area (Å²) in [5.74, 6) is 0.0878. The Labute approximate surface area is 133 Å². The maximum absolute atomic E-state index is 12.0. The van der Waals surface area contributed by atoms with Crippen molar-refractivity contribution >= 4 is 11.6 Å². The Morgan fingerprint density at radius 1 is 1.36 bits per heavy atom. The van der Waals surface area contributed by atoms with Crippen LogP contribution in [0.4, 0.5) is 5.69 Å². The third kappa shape index (κ3) is 4.60. The van der Waals surface area contributed by atoms with E-state index >= 15 is 0 Å². The van der Waals surface area contributed by atoms with E-state index in [-0.39, 0.29) is 11.9 Å². The monoisotopic (exact) mass is 301 g/mol.